The van der Waals surface area contributed by atoms with Crippen molar-refractivity contribution in [3.05, 3.63) is 35.9 Å². The van der Waals surface area contributed by atoms with Crippen LogP contribution in [0.15, 0.2) is 30.3 Å². The molecule has 3 N–H and O–H groups in total. The van der Waals surface area contributed by atoms with Gasteiger partial charge in [0.1, 0.15) is 0 Å². The molecule has 0 aromatic heterocycles. The number of nitrogens with one attached hydrogen (secondary N) is 1. The van der Waals surface area contributed by atoms with Crippen LogP contribution in [0.25, 0.3) is 0 Å². The Morgan fingerprint density at radius 3 is 2.67 bits per heavy atom. The van der Waals surface area contributed by atoms with Crippen molar-refractivity contribution in [1.29, 1.82) is 0 Å². The number of carbonyl (C=O) groups is 1. The Balaban J connectivity index is 2.25. The van der Waals surface area contributed by atoms with Gasteiger partial charge in [-0.2, -0.15) is 0 Å². The molecule has 1 rings (SSSR count). The molecule has 1 aromatic rings. The molecule has 1 unspecified atom stereocenters. The van der Waals surface area contributed by atoms with Gasteiger partial charge < -0.3 is 11.1 Å². The fourth-order valence-corrected chi connectivity index (χ4v) is 1.32. The van der Waals surface area contributed by atoms with E-state index in [0.717, 1.165) is 12.8 Å². The Hall–Kier alpha value is -1.35. The molecular weight excluding hydrogens is 188 g/mol. The predicted molar refractivity (Wildman–Crippen MR) is 61.7 cm³/mol. The van der Waals surface area contributed by atoms with Crippen LogP contribution in [0.2, 0.25) is 0 Å². The summed E-state index contributed by atoms with van der Waals surface area (Å²) < 4.78 is 0. The Labute approximate surface area is 90.7 Å². The Morgan fingerprint density at radius 1 is 1.40 bits per heavy atom. The highest BCUT2D eigenvalue weighted by Gasteiger charge is 2.02. The zero-order valence-electron chi connectivity index (χ0n) is 9.07. The summed E-state index contributed by atoms with van der Waals surface area (Å²) >= 11 is 0. The Kier molecular flexibility index (Phi) is 4.84. The fraction of sp³-hybridized carbons (Fsp3) is 0.417. The van der Waals surface area contributed by atoms with Crippen LogP contribution >= 0.6 is 0 Å². The van der Waals surface area contributed by atoms with Gasteiger partial charge >= 0.3 is 0 Å². The van der Waals surface area contributed by atoms with Gasteiger partial charge in [-0.1, -0.05) is 18.2 Å². The summed E-state index contributed by atoms with van der Waals surface area (Å²) in [7, 11) is 0. The van der Waals surface area contributed by atoms with E-state index < -0.39 is 0 Å². The second-order valence-corrected chi connectivity index (χ2v) is 3.74. The number of benzene rings is 1. The van der Waals surface area contributed by atoms with E-state index in [1.165, 1.54) is 0 Å². The normalized spacial score (nSPS) is 12.1. The van der Waals surface area contributed by atoms with Gasteiger partial charge in [0.05, 0.1) is 0 Å². The maximum atomic E-state index is 11.5. The summed E-state index contributed by atoms with van der Waals surface area (Å²) in [5.74, 6) is -0.0136. The van der Waals surface area contributed by atoms with Crippen molar-refractivity contribution in [2.45, 2.75) is 25.8 Å². The standard InChI is InChI=1S/C12H18N2O/c1-10(13)6-5-9-14-12(15)11-7-3-2-4-8-11/h2-4,7-8,10H,5-6,9,13H2,1H3,(H,14,15). The van der Waals surface area contributed by atoms with Crippen molar-refractivity contribution in [1.82, 2.24) is 5.32 Å². The van der Waals surface area contributed by atoms with E-state index in [0.29, 0.717) is 12.1 Å². The molecule has 82 valence electrons. The van der Waals surface area contributed by atoms with Crippen LogP contribution in [0.5, 0.6) is 0 Å². The van der Waals surface area contributed by atoms with Gasteiger partial charge in [0, 0.05) is 18.2 Å². The quantitative estimate of drug-likeness (QED) is 0.718. The van der Waals surface area contributed by atoms with Gasteiger partial charge in [-0.25, -0.2) is 0 Å². The van der Waals surface area contributed by atoms with Crippen LogP contribution in [0.3, 0.4) is 0 Å². The lowest BCUT2D eigenvalue weighted by Crippen LogP contribution is -2.26. The van der Waals surface area contributed by atoms with E-state index in [1.54, 1.807) is 12.1 Å². The van der Waals surface area contributed by atoms with Gasteiger partial charge in [-0.05, 0) is 31.9 Å². The molecule has 0 aliphatic carbocycles. The summed E-state index contributed by atoms with van der Waals surface area (Å²) in [6.45, 7) is 2.66. The molecule has 1 atom stereocenters. The predicted octanol–water partition coefficient (Wildman–Crippen LogP) is 1.54. The SMILES string of the molecule is CC(N)CCCNC(=O)c1ccccc1. The van der Waals surface area contributed by atoms with Gasteiger partial charge in [0.2, 0.25) is 0 Å². The largest absolute Gasteiger partial charge is 0.352 e. The Bertz CT molecular complexity index is 296. The minimum Gasteiger partial charge on any atom is -0.352 e. The lowest BCUT2D eigenvalue weighted by Gasteiger charge is -2.06. The maximum Gasteiger partial charge on any atom is 0.251 e. The first-order valence-corrected chi connectivity index (χ1v) is 5.29. The van der Waals surface area contributed by atoms with Crippen LogP contribution in [0.1, 0.15) is 30.1 Å². The number of carbonyl (C=O) groups excluding carboxylic acids is 1. The van der Waals surface area contributed by atoms with Crippen molar-refractivity contribution in [3.8, 4) is 0 Å². The number of amides is 1. The maximum absolute atomic E-state index is 11.5. The highest BCUT2D eigenvalue weighted by molar-refractivity contribution is 5.94. The molecule has 0 fully saturated rings. The van der Waals surface area contributed by atoms with E-state index in [2.05, 4.69) is 5.32 Å². The van der Waals surface area contributed by atoms with Crippen molar-refractivity contribution in [2.24, 2.45) is 5.73 Å². The average Bonchev–Trinajstić information content (AvgIpc) is 2.25. The van der Waals surface area contributed by atoms with Crippen LogP contribution in [0.4, 0.5) is 0 Å². The first-order chi connectivity index (χ1) is 7.20. The highest BCUT2D eigenvalue weighted by Crippen LogP contribution is 1.98. The second kappa shape index (κ2) is 6.19. The molecule has 0 radical (unpaired) electrons. The van der Waals surface area contributed by atoms with Crippen molar-refractivity contribution >= 4 is 5.91 Å². The second-order valence-electron chi connectivity index (χ2n) is 3.74. The molecule has 1 amide bonds. The van der Waals surface area contributed by atoms with Gasteiger partial charge in [-0.15, -0.1) is 0 Å². The first-order valence-electron chi connectivity index (χ1n) is 5.29. The monoisotopic (exact) mass is 206 g/mol. The smallest absolute Gasteiger partial charge is 0.251 e. The molecule has 3 nitrogen and oxygen atoms in total. The topological polar surface area (TPSA) is 55.1 Å². The van der Waals surface area contributed by atoms with Gasteiger partial charge in [-0.3, -0.25) is 4.79 Å². The minimum atomic E-state index is -0.0136. The van der Waals surface area contributed by atoms with Gasteiger partial charge in [0.15, 0.2) is 0 Å². The van der Waals surface area contributed by atoms with Crippen LogP contribution in [0, 0.1) is 0 Å². The third kappa shape index (κ3) is 4.61. The van der Waals surface area contributed by atoms with Gasteiger partial charge in [0.25, 0.3) is 5.91 Å². The number of nitrogens with two attached hydrogens (primary N) is 1. The van der Waals surface area contributed by atoms with E-state index in [1.807, 2.05) is 25.1 Å². The molecule has 1 aromatic carbocycles. The average molecular weight is 206 g/mol. The zero-order valence-corrected chi connectivity index (χ0v) is 9.07. The molecule has 0 saturated carbocycles. The molecule has 0 heterocycles. The third-order valence-corrected chi connectivity index (χ3v) is 2.16. The number of hydrogen-bond acceptors (Lipinski definition) is 2. The molecule has 0 saturated heterocycles. The molecule has 0 aliphatic heterocycles. The van der Waals surface area contributed by atoms with E-state index in [4.69, 9.17) is 5.73 Å². The first kappa shape index (κ1) is 11.7. The van der Waals surface area contributed by atoms with E-state index in [9.17, 15) is 4.79 Å². The summed E-state index contributed by atoms with van der Waals surface area (Å²) in [4.78, 5) is 11.5. The summed E-state index contributed by atoms with van der Waals surface area (Å²) in [5.41, 5.74) is 6.31. The minimum absolute atomic E-state index is 0.0136. The molecular formula is C12H18N2O. The van der Waals surface area contributed by atoms with Crippen LogP contribution < -0.4 is 11.1 Å². The fourth-order valence-electron chi connectivity index (χ4n) is 1.32. The van der Waals surface area contributed by atoms with Crippen LogP contribution in [-0.2, 0) is 0 Å². The van der Waals surface area contributed by atoms with Crippen molar-refractivity contribution in [2.75, 3.05) is 6.54 Å². The molecule has 0 aliphatic rings. The summed E-state index contributed by atoms with van der Waals surface area (Å²) in [6.07, 6.45) is 1.87. The number of rotatable bonds is 5. The highest BCUT2D eigenvalue weighted by atomic mass is 16.1. The Morgan fingerprint density at radius 2 is 2.07 bits per heavy atom. The molecule has 15 heavy (non-hydrogen) atoms. The lowest BCUT2D eigenvalue weighted by atomic mass is 10.2. The van der Waals surface area contributed by atoms with Crippen molar-refractivity contribution in [3.63, 3.8) is 0 Å². The van der Waals surface area contributed by atoms with E-state index in [-0.39, 0.29) is 11.9 Å². The van der Waals surface area contributed by atoms with Crippen molar-refractivity contribution < 1.29 is 4.79 Å². The zero-order chi connectivity index (χ0) is 11.1. The number of hydrogen-bond donors (Lipinski definition) is 2. The molecule has 0 bridgehead atoms. The summed E-state index contributed by atoms with van der Waals surface area (Å²) in [6, 6.07) is 9.43. The molecule has 0 spiro atoms. The molecule has 3 heteroatoms. The van der Waals surface area contributed by atoms with E-state index >= 15 is 0 Å². The lowest BCUT2D eigenvalue weighted by molar-refractivity contribution is 0.0953. The third-order valence-electron chi connectivity index (χ3n) is 2.16. The van der Waals surface area contributed by atoms with Crippen LogP contribution in [-0.4, -0.2) is 18.5 Å². The summed E-state index contributed by atoms with van der Waals surface area (Å²) in [5, 5.41) is 2.86.